The third kappa shape index (κ3) is 7.77. The Morgan fingerprint density at radius 3 is 2.52 bits per heavy atom. The Kier molecular flexibility index (Phi) is 9.42. The van der Waals surface area contributed by atoms with Crippen molar-refractivity contribution in [3.63, 3.8) is 0 Å². The highest BCUT2D eigenvalue weighted by Crippen LogP contribution is 2.15. The minimum Gasteiger partial charge on any atom is -0.356 e. The van der Waals surface area contributed by atoms with Gasteiger partial charge in [0.2, 0.25) is 0 Å². The van der Waals surface area contributed by atoms with E-state index >= 15 is 0 Å². The smallest absolute Gasteiger partial charge is 0.252 e. The molecule has 1 amide bonds. The van der Waals surface area contributed by atoms with Crippen LogP contribution in [-0.2, 0) is 0 Å². The molecular weight excluding hydrogens is 362 g/mol. The maximum Gasteiger partial charge on any atom is 0.252 e. The van der Waals surface area contributed by atoms with Gasteiger partial charge in [-0.05, 0) is 56.9 Å². The van der Waals surface area contributed by atoms with Crippen molar-refractivity contribution in [2.24, 2.45) is 10.9 Å². The van der Waals surface area contributed by atoms with Gasteiger partial charge in [0.05, 0.1) is 10.6 Å². The van der Waals surface area contributed by atoms with Gasteiger partial charge in [0.1, 0.15) is 0 Å². The highest BCUT2D eigenvalue weighted by atomic mass is 35.5. The number of rotatable bonds is 8. The van der Waals surface area contributed by atoms with Crippen LogP contribution in [0.3, 0.4) is 0 Å². The van der Waals surface area contributed by atoms with Crippen LogP contribution in [0.15, 0.2) is 29.3 Å². The Hall–Kier alpha value is -1.79. The van der Waals surface area contributed by atoms with Crippen molar-refractivity contribution in [1.82, 2.24) is 20.9 Å². The van der Waals surface area contributed by atoms with Crippen LogP contribution < -0.4 is 16.0 Å². The number of piperidine rings is 1. The number of carbonyl (C=O) groups is 1. The van der Waals surface area contributed by atoms with E-state index in [1.165, 1.54) is 25.9 Å². The lowest BCUT2D eigenvalue weighted by molar-refractivity contribution is 0.0954. The fraction of sp³-hybridized carbons (Fsp3) is 0.600. The maximum absolute atomic E-state index is 12.1. The molecule has 2 rings (SSSR count). The molecule has 0 saturated carbocycles. The Morgan fingerprint density at radius 1 is 1.15 bits per heavy atom. The summed E-state index contributed by atoms with van der Waals surface area (Å²) in [7, 11) is 1.75. The van der Waals surface area contributed by atoms with E-state index in [-0.39, 0.29) is 5.91 Å². The van der Waals surface area contributed by atoms with E-state index in [2.05, 4.69) is 32.8 Å². The van der Waals surface area contributed by atoms with Crippen LogP contribution in [0.4, 0.5) is 0 Å². The van der Waals surface area contributed by atoms with Crippen molar-refractivity contribution in [3.8, 4) is 0 Å². The third-order valence-electron chi connectivity index (χ3n) is 4.86. The number of nitrogens with one attached hydrogen (secondary N) is 3. The zero-order valence-electron chi connectivity index (χ0n) is 16.4. The van der Waals surface area contributed by atoms with Crippen LogP contribution in [0.2, 0.25) is 5.02 Å². The van der Waals surface area contributed by atoms with Crippen molar-refractivity contribution in [3.05, 3.63) is 34.9 Å². The topological polar surface area (TPSA) is 68.8 Å². The highest BCUT2D eigenvalue weighted by molar-refractivity contribution is 6.33. The lowest BCUT2D eigenvalue weighted by Gasteiger charge is -2.30. The fourth-order valence-corrected chi connectivity index (χ4v) is 3.33. The van der Waals surface area contributed by atoms with Crippen molar-refractivity contribution in [2.75, 3.05) is 46.3 Å². The van der Waals surface area contributed by atoms with Crippen LogP contribution in [0, 0.1) is 5.92 Å². The summed E-state index contributed by atoms with van der Waals surface area (Å²) in [6, 6.07) is 7.04. The minimum absolute atomic E-state index is 0.166. The quantitative estimate of drug-likeness (QED) is 0.360. The standard InChI is InChI=1S/C20H32ClN5O/c1-16-8-14-26(15-9-16)13-5-10-24-20(22-2)25-12-11-23-19(27)17-6-3-4-7-18(17)21/h3-4,6-7,16H,5,8-15H2,1-2H3,(H,23,27)(H2,22,24,25). The summed E-state index contributed by atoms with van der Waals surface area (Å²) in [6.45, 7) is 7.89. The number of likely N-dealkylation sites (tertiary alicyclic amines) is 1. The Morgan fingerprint density at radius 2 is 1.81 bits per heavy atom. The van der Waals surface area contributed by atoms with Gasteiger partial charge in [0.15, 0.2) is 5.96 Å². The van der Waals surface area contributed by atoms with Gasteiger partial charge in [-0.1, -0.05) is 30.7 Å². The Balaban J connectivity index is 1.56. The number of nitrogens with zero attached hydrogens (tertiary/aromatic N) is 2. The molecular formula is C20H32ClN5O. The normalized spacial score (nSPS) is 16.2. The molecule has 0 aliphatic carbocycles. The number of halogens is 1. The molecule has 0 unspecified atom stereocenters. The van der Waals surface area contributed by atoms with Gasteiger partial charge in [0.25, 0.3) is 5.91 Å². The first-order valence-corrected chi connectivity index (χ1v) is 10.2. The number of amides is 1. The number of guanidine groups is 1. The molecule has 1 aliphatic rings. The van der Waals surface area contributed by atoms with Gasteiger partial charge in [-0.25, -0.2) is 0 Å². The lowest BCUT2D eigenvalue weighted by Crippen LogP contribution is -2.42. The molecule has 1 heterocycles. The molecule has 3 N–H and O–H groups in total. The summed E-state index contributed by atoms with van der Waals surface area (Å²) in [5, 5.41) is 9.86. The molecule has 6 nitrogen and oxygen atoms in total. The molecule has 1 aromatic carbocycles. The predicted octanol–water partition coefficient (Wildman–Crippen LogP) is 2.36. The fourth-order valence-electron chi connectivity index (χ4n) is 3.11. The van der Waals surface area contributed by atoms with Crippen LogP contribution >= 0.6 is 11.6 Å². The van der Waals surface area contributed by atoms with Crippen LogP contribution in [0.25, 0.3) is 0 Å². The van der Waals surface area contributed by atoms with Crippen LogP contribution in [0.5, 0.6) is 0 Å². The monoisotopic (exact) mass is 393 g/mol. The molecule has 27 heavy (non-hydrogen) atoms. The summed E-state index contributed by atoms with van der Waals surface area (Å²) in [4.78, 5) is 18.8. The molecule has 0 bridgehead atoms. The molecule has 1 aliphatic heterocycles. The summed E-state index contributed by atoms with van der Waals surface area (Å²) in [5.41, 5.74) is 0.494. The third-order valence-corrected chi connectivity index (χ3v) is 5.19. The molecule has 1 fully saturated rings. The second-order valence-corrected chi connectivity index (χ2v) is 7.45. The molecule has 1 saturated heterocycles. The van der Waals surface area contributed by atoms with E-state index in [0.717, 1.165) is 31.4 Å². The van der Waals surface area contributed by atoms with Crippen molar-refractivity contribution >= 4 is 23.5 Å². The first-order valence-electron chi connectivity index (χ1n) is 9.79. The molecule has 7 heteroatoms. The van der Waals surface area contributed by atoms with Gasteiger partial charge < -0.3 is 20.9 Å². The maximum atomic E-state index is 12.1. The van der Waals surface area contributed by atoms with Crippen LogP contribution in [-0.4, -0.2) is 63.1 Å². The number of benzene rings is 1. The first kappa shape index (κ1) is 21.5. The summed E-state index contributed by atoms with van der Waals surface area (Å²) >= 11 is 6.03. The summed E-state index contributed by atoms with van der Waals surface area (Å²) < 4.78 is 0. The Labute approximate surface area is 167 Å². The second kappa shape index (κ2) is 11.8. The predicted molar refractivity (Wildman–Crippen MR) is 113 cm³/mol. The van der Waals surface area contributed by atoms with Gasteiger partial charge in [0, 0.05) is 26.7 Å². The lowest BCUT2D eigenvalue weighted by atomic mass is 9.99. The second-order valence-electron chi connectivity index (χ2n) is 7.04. The minimum atomic E-state index is -0.166. The van der Waals surface area contributed by atoms with E-state index in [1.807, 2.05) is 6.07 Å². The first-order chi connectivity index (χ1) is 13.1. The van der Waals surface area contributed by atoms with E-state index in [1.54, 1.807) is 25.2 Å². The van der Waals surface area contributed by atoms with E-state index in [9.17, 15) is 4.79 Å². The molecule has 0 spiro atoms. The van der Waals surface area contributed by atoms with Gasteiger partial charge in [-0.2, -0.15) is 0 Å². The SMILES string of the molecule is CN=C(NCCCN1CCC(C)CC1)NCCNC(=O)c1ccccc1Cl. The van der Waals surface area contributed by atoms with Crippen molar-refractivity contribution in [2.45, 2.75) is 26.2 Å². The molecule has 0 radical (unpaired) electrons. The van der Waals surface area contributed by atoms with Gasteiger partial charge in [-0.3, -0.25) is 9.79 Å². The molecule has 0 aromatic heterocycles. The highest BCUT2D eigenvalue weighted by Gasteiger charge is 2.14. The molecule has 0 atom stereocenters. The zero-order valence-corrected chi connectivity index (χ0v) is 17.2. The van der Waals surface area contributed by atoms with Crippen molar-refractivity contribution in [1.29, 1.82) is 0 Å². The molecule has 1 aromatic rings. The van der Waals surface area contributed by atoms with E-state index in [4.69, 9.17) is 11.6 Å². The van der Waals surface area contributed by atoms with Gasteiger partial charge >= 0.3 is 0 Å². The largest absolute Gasteiger partial charge is 0.356 e. The van der Waals surface area contributed by atoms with Gasteiger partial charge in [-0.15, -0.1) is 0 Å². The molecule has 150 valence electrons. The van der Waals surface area contributed by atoms with E-state index in [0.29, 0.717) is 23.7 Å². The van der Waals surface area contributed by atoms with Crippen molar-refractivity contribution < 1.29 is 4.79 Å². The average Bonchev–Trinajstić information content (AvgIpc) is 2.68. The number of aliphatic imine (C=N–C) groups is 1. The van der Waals surface area contributed by atoms with E-state index < -0.39 is 0 Å². The number of hydrogen-bond acceptors (Lipinski definition) is 3. The average molecular weight is 394 g/mol. The zero-order chi connectivity index (χ0) is 19.5. The number of carbonyl (C=O) groups excluding carboxylic acids is 1. The number of hydrogen-bond donors (Lipinski definition) is 3. The summed E-state index contributed by atoms with van der Waals surface area (Å²) in [5.74, 6) is 1.47. The summed E-state index contributed by atoms with van der Waals surface area (Å²) in [6.07, 6.45) is 3.73. The Bertz CT molecular complexity index is 614. The van der Waals surface area contributed by atoms with Crippen LogP contribution in [0.1, 0.15) is 36.5 Å².